The van der Waals surface area contributed by atoms with Gasteiger partial charge in [-0.05, 0) is 13.3 Å². The minimum atomic E-state index is -0.259. The molecule has 0 heterocycles. The van der Waals surface area contributed by atoms with Crippen LogP contribution in [0.4, 0.5) is 0 Å². The minimum absolute atomic E-state index is 0.0122. The average molecular weight is 185 g/mol. The minimum Gasteiger partial charge on any atom is -0.331 e. The van der Waals surface area contributed by atoms with Crippen LogP contribution in [0, 0.1) is 12.3 Å². The first-order valence-electron chi connectivity index (χ1n) is 4.03. The first-order chi connectivity index (χ1) is 5.63. The van der Waals surface area contributed by atoms with Gasteiger partial charge in [-0.3, -0.25) is 4.79 Å². The molecule has 0 saturated heterocycles. The summed E-state index contributed by atoms with van der Waals surface area (Å²) < 4.78 is 0. The van der Waals surface area contributed by atoms with Gasteiger partial charge in [-0.2, -0.15) is 12.6 Å². The van der Waals surface area contributed by atoms with Crippen molar-refractivity contribution in [1.82, 2.24) is 4.90 Å². The number of amides is 1. The predicted molar refractivity (Wildman–Crippen MR) is 54.2 cm³/mol. The first kappa shape index (κ1) is 11.4. The first-order valence-corrected chi connectivity index (χ1v) is 4.55. The molecule has 68 valence electrons. The van der Waals surface area contributed by atoms with Crippen LogP contribution in [-0.2, 0) is 4.79 Å². The highest BCUT2D eigenvalue weighted by Gasteiger charge is 2.15. The van der Waals surface area contributed by atoms with Crippen LogP contribution in [-0.4, -0.2) is 29.1 Å². The summed E-state index contributed by atoms with van der Waals surface area (Å²) in [6, 6.07) is 0. The predicted octanol–water partition coefficient (Wildman–Crippen LogP) is 1.18. The van der Waals surface area contributed by atoms with E-state index >= 15 is 0 Å². The lowest BCUT2D eigenvalue weighted by Crippen LogP contribution is -2.36. The quantitative estimate of drug-likeness (QED) is 0.515. The summed E-state index contributed by atoms with van der Waals surface area (Å²) in [4.78, 5) is 13.0. The molecule has 3 heteroatoms. The molecule has 0 fully saturated rings. The number of carbonyl (C=O) groups is 1. The molecule has 0 aromatic heterocycles. The smallest absolute Gasteiger partial charge is 0.235 e. The largest absolute Gasteiger partial charge is 0.331 e. The van der Waals surface area contributed by atoms with Gasteiger partial charge in [0.25, 0.3) is 0 Å². The summed E-state index contributed by atoms with van der Waals surface area (Å²) in [6.07, 6.45) is 6.05. The second kappa shape index (κ2) is 5.96. The van der Waals surface area contributed by atoms with E-state index in [0.29, 0.717) is 13.1 Å². The van der Waals surface area contributed by atoms with Crippen LogP contribution in [0.25, 0.3) is 0 Å². The van der Waals surface area contributed by atoms with Crippen molar-refractivity contribution in [2.45, 2.75) is 25.5 Å². The number of terminal acetylenes is 1. The molecule has 0 aliphatic heterocycles. The van der Waals surface area contributed by atoms with Gasteiger partial charge in [-0.25, -0.2) is 0 Å². The molecule has 0 aromatic rings. The van der Waals surface area contributed by atoms with Crippen molar-refractivity contribution in [3.05, 3.63) is 0 Å². The van der Waals surface area contributed by atoms with E-state index in [9.17, 15) is 4.79 Å². The zero-order valence-electron chi connectivity index (χ0n) is 7.58. The monoisotopic (exact) mass is 185 g/mol. The maximum atomic E-state index is 11.4. The molecule has 0 rings (SSSR count). The van der Waals surface area contributed by atoms with E-state index in [1.165, 1.54) is 0 Å². The Morgan fingerprint density at radius 1 is 1.75 bits per heavy atom. The number of rotatable bonds is 4. The normalized spacial score (nSPS) is 11.8. The van der Waals surface area contributed by atoms with Crippen molar-refractivity contribution in [2.75, 3.05) is 13.1 Å². The van der Waals surface area contributed by atoms with E-state index < -0.39 is 0 Å². The lowest BCUT2D eigenvalue weighted by molar-refractivity contribution is -0.129. The Balaban J connectivity index is 4.11. The molecular weight excluding hydrogens is 170 g/mol. The van der Waals surface area contributed by atoms with Crippen LogP contribution >= 0.6 is 12.6 Å². The van der Waals surface area contributed by atoms with Crippen LogP contribution in [0.1, 0.15) is 20.3 Å². The standard InChI is InChI=1S/C9H15NOS/c1-4-6-10(7-5-2)9(11)8(3)12/h1,8,12H,5-7H2,2-3H3. The van der Waals surface area contributed by atoms with Crippen molar-refractivity contribution in [1.29, 1.82) is 0 Å². The summed E-state index contributed by atoms with van der Waals surface area (Å²) in [5, 5.41) is -0.259. The fourth-order valence-electron chi connectivity index (χ4n) is 0.912. The number of carbonyl (C=O) groups excluding carboxylic acids is 1. The Morgan fingerprint density at radius 3 is 2.67 bits per heavy atom. The highest BCUT2D eigenvalue weighted by atomic mass is 32.1. The zero-order valence-corrected chi connectivity index (χ0v) is 8.47. The molecule has 12 heavy (non-hydrogen) atoms. The average Bonchev–Trinajstić information content (AvgIpc) is 2.03. The Bertz CT molecular complexity index is 183. The lowest BCUT2D eigenvalue weighted by Gasteiger charge is -2.20. The van der Waals surface area contributed by atoms with Gasteiger partial charge >= 0.3 is 0 Å². The molecule has 0 spiro atoms. The van der Waals surface area contributed by atoms with Crippen molar-refractivity contribution in [3.63, 3.8) is 0 Å². The van der Waals surface area contributed by atoms with Crippen LogP contribution in [0.3, 0.4) is 0 Å². The van der Waals surface area contributed by atoms with Gasteiger partial charge in [0.1, 0.15) is 0 Å². The van der Waals surface area contributed by atoms with Crippen molar-refractivity contribution >= 4 is 18.5 Å². The third kappa shape index (κ3) is 3.68. The van der Waals surface area contributed by atoms with Gasteiger partial charge in [-0.15, -0.1) is 6.42 Å². The van der Waals surface area contributed by atoms with Crippen molar-refractivity contribution in [2.24, 2.45) is 0 Å². The Hall–Kier alpha value is -0.620. The molecule has 0 N–H and O–H groups in total. The maximum Gasteiger partial charge on any atom is 0.235 e. The number of thiol groups is 1. The third-order valence-corrected chi connectivity index (χ3v) is 1.67. The molecule has 2 nitrogen and oxygen atoms in total. The molecule has 1 atom stereocenters. The molecule has 1 amide bonds. The fourth-order valence-corrected chi connectivity index (χ4v) is 1.07. The van der Waals surface area contributed by atoms with Crippen molar-refractivity contribution in [3.8, 4) is 12.3 Å². The van der Waals surface area contributed by atoms with Gasteiger partial charge < -0.3 is 4.90 Å². The van der Waals surface area contributed by atoms with Gasteiger partial charge in [0.05, 0.1) is 11.8 Å². The second-order valence-corrected chi connectivity index (χ2v) is 3.41. The van der Waals surface area contributed by atoms with E-state index in [1.807, 2.05) is 6.92 Å². The number of nitrogens with zero attached hydrogens (tertiary/aromatic N) is 1. The van der Waals surface area contributed by atoms with Crippen LogP contribution in [0.15, 0.2) is 0 Å². The highest BCUT2D eigenvalue weighted by molar-refractivity contribution is 7.81. The maximum absolute atomic E-state index is 11.4. The molecule has 0 saturated carbocycles. The molecule has 0 bridgehead atoms. The van der Waals surface area contributed by atoms with E-state index in [0.717, 1.165) is 6.42 Å². The van der Waals surface area contributed by atoms with E-state index in [4.69, 9.17) is 6.42 Å². The Morgan fingerprint density at radius 2 is 2.33 bits per heavy atom. The van der Waals surface area contributed by atoms with Crippen LogP contribution < -0.4 is 0 Å². The van der Waals surface area contributed by atoms with E-state index in [2.05, 4.69) is 18.5 Å². The third-order valence-electron chi connectivity index (χ3n) is 1.44. The van der Waals surface area contributed by atoms with Gasteiger partial charge in [0, 0.05) is 6.54 Å². The number of hydrogen-bond acceptors (Lipinski definition) is 2. The summed E-state index contributed by atoms with van der Waals surface area (Å²) >= 11 is 4.06. The molecule has 1 unspecified atom stereocenters. The fraction of sp³-hybridized carbons (Fsp3) is 0.667. The molecule has 0 aliphatic carbocycles. The van der Waals surface area contributed by atoms with Crippen LogP contribution in [0.5, 0.6) is 0 Å². The van der Waals surface area contributed by atoms with Crippen molar-refractivity contribution < 1.29 is 4.79 Å². The summed E-state index contributed by atoms with van der Waals surface area (Å²) in [5.74, 6) is 2.47. The molecule has 0 aromatic carbocycles. The molecule has 0 aliphatic rings. The highest BCUT2D eigenvalue weighted by Crippen LogP contribution is 2.01. The summed E-state index contributed by atoms with van der Waals surface area (Å²) in [6.45, 7) is 4.87. The molecule has 0 radical (unpaired) electrons. The van der Waals surface area contributed by atoms with Gasteiger partial charge in [0.15, 0.2) is 0 Å². The SMILES string of the molecule is C#CCN(CCC)C(=O)C(C)S. The summed E-state index contributed by atoms with van der Waals surface area (Å²) in [7, 11) is 0. The zero-order chi connectivity index (χ0) is 9.56. The summed E-state index contributed by atoms with van der Waals surface area (Å²) in [5.41, 5.74) is 0. The lowest BCUT2D eigenvalue weighted by atomic mass is 10.3. The number of hydrogen-bond donors (Lipinski definition) is 1. The van der Waals surface area contributed by atoms with E-state index in [-0.39, 0.29) is 11.2 Å². The second-order valence-electron chi connectivity index (χ2n) is 2.64. The Kier molecular flexibility index (Phi) is 5.65. The van der Waals surface area contributed by atoms with Gasteiger partial charge in [0.2, 0.25) is 5.91 Å². The topological polar surface area (TPSA) is 20.3 Å². The van der Waals surface area contributed by atoms with Crippen LogP contribution in [0.2, 0.25) is 0 Å². The molecular formula is C9H15NOS. The van der Waals surface area contributed by atoms with Gasteiger partial charge in [-0.1, -0.05) is 12.8 Å². The van der Waals surface area contributed by atoms with E-state index in [1.54, 1.807) is 11.8 Å². The Labute approximate surface area is 79.7 Å².